The molecule has 0 spiro atoms. The average Bonchev–Trinajstić information content (AvgIpc) is 3.12. The van der Waals surface area contributed by atoms with E-state index in [1.807, 2.05) is 0 Å². The highest BCUT2D eigenvalue weighted by Gasteiger charge is 2.42. The van der Waals surface area contributed by atoms with Crippen LogP contribution in [-0.2, 0) is 10.0 Å². The molecule has 1 aliphatic rings. The highest BCUT2D eigenvalue weighted by molar-refractivity contribution is 7.89. The summed E-state index contributed by atoms with van der Waals surface area (Å²) in [7, 11) is -3.50. The van der Waals surface area contributed by atoms with Gasteiger partial charge in [0.1, 0.15) is 0 Å². The molecule has 0 radical (unpaired) electrons. The summed E-state index contributed by atoms with van der Waals surface area (Å²) in [5, 5.41) is 12.4. The Kier molecular flexibility index (Phi) is 3.71. The lowest BCUT2D eigenvalue weighted by atomic mass is 10.2. The summed E-state index contributed by atoms with van der Waals surface area (Å²) in [4.78, 5) is 0.166. The van der Waals surface area contributed by atoms with Gasteiger partial charge in [-0.05, 0) is 31.0 Å². The van der Waals surface area contributed by atoms with Crippen LogP contribution in [0.2, 0.25) is 0 Å². The number of aliphatic hydroxyl groups excluding tert-OH is 1. The minimum atomic E-state index is -3.50. The number of aliphatic hydroxyl groups is 1. The van der Waals surface area contributed by atoms with E-state index in [9.17, 15) is 13.5 Å². The molecule has 19 heavy (non-hydrogen) atoms. The van der Waals surface area contributed by atoms with Crippen molar-refractivity contribution >= 4 is 21.4 Å². The molecule has 0 aromatic heterocycles. The number of rotatable bonds is 6. The molecule has 6 nitrogen and oxygen atoms in total. The van der Waals surface area contributed by atoms with Crippen LogP contribution in [0.4, 0.5) is 11.4 Å². The Labute approximate surface area is 113 Å². The van der Waals surface area contributed by atoms with E-state index in [1.54, 1.807) is 13.0 Å². The van der Waals surface area contributed by atoms with E-state index >= 15 is 0 Å². The Hall–Kier alpha value is -1.31. The first-order valence-electron chi connectivity index (χ1n) is 6.21. The predicted octanol–water partition coefficient (Wildman–Crippen LogP) is 0.504. The van der Waals surface area contributed by atoms with Crippen molar-refractivity contribution in [3.8, 4) is 0 Å². The molecule has 0 heterocycles. The van der Waals surface area contributed by atoms with Crippen LogP contribution in [0.5, 0.6) is 0 Å². The monoisotopic (exact) mass is 285 g/mol. The van der Waals surface area contributed by atoms with Crippen molar-refractivity contribution in [3.63, 3.8) is 0 Å². The minimum Gasteiger partial charge on any atom is -0.397 e. The zero-order valence-corrected chi connectivity index (χ0v) is 11.6. The third-order valence-corrected chi connectivity index (χ3v) is 4.77. The summed E-state index contributed by atoms with van der Waals surface area (Å²) in [6, 6.07) is 4.53. The molecule has 7 heteroatoms. The second-order valence-corrected chi connectivity index (χ2v) is 6.58. The van der Waals surface area contributed by atoms with Gasteiger partial charge in [-0.25, -0.2) is 13.1 Å². The largest absolute Gasteiger partial charge is 0.397 e. The molecular formula is C12H19N3O3S. The van der Waals surface area contributed by atoms with Gasteiger partial charge in [0, 0.05) is 6.54 Å². The summed E-state index contributed by atoms with van der Waals surface area (Å²) in [5.41, 5.74) is 6.51. The summed E-state index contributed by atoms with van der Waals surface area (Å²) < 4.78 is 26.3. The van der Waals surface area contributed by atoms with Gasteiger partial charge in [0.2, 0.25) is 10.0 Å². The number of hydrogen-bond acceptors (Lipinski definition) is 5. The zero-order valence-electron chi connectivity index (χ0n) is 10.8. The lowest BCUT2D eigenvalue weighted by Crippen LogP contribution is -2.27. The van der Waals surface area contributed by atoms with Crippen LogP contribution >= 0.6 is 0 Å². The van der Waals surface area contributed by atoms with Crippen molar-refractivity contribution < 1.29 is 13.5 Å². The van der Waals surface area contributed by atoms with Crippen LogP contribution in [-0.4, -0.2) is 32.2 Å². The normalized spacial score (nSPS) is 17.2. The summed E-state index contributed by atoms with van der Waals surface area (Å²) in [5.74, 6) is 0. The third-order valence-electron chi connectivity index (χ3n) is 3.23. The number of nitrogens with one attached hydrogen (secondary N) is 2. The molecule has 106 valence electrons. The summed E-state index contributed by atoms with van der Waals surface area (Å²) >= 11 is 0. The molecule has 1 fully saturated rings. The Morgan fingerprint density at radius 1 is 1.42 bits per heavy atom. The fourth-order valence-electron chi connectivity index (χ4n) is 1.84. The Morgan fingerprint density at radius 2 is 2.11 bits per heavy atom. The van der Waals surface area contributed by atoms with Gasteiger partial charge in [0.25, 0.3) is 0 Å². The van der Waals surface area contributed by atoms with Crippen molar-refractivity contribution in [2.75, 3.05) is 24.2 Å². The highest BCUT2D eigenvalue weighted by atomic mass is 32.2. The molecule has 1 saturated carbocycles. The molecule has 1 aliphatic carbocycles. The topological polar surface area (TPSA) is 104 Å². The van der Waals surface area contributed by atoms with Gasteiger partial charge in [-0.3, -0.25) is 0 Å². The number of nitrogens with two attached hydrogens (primary N) is 1. The van der Waals surface area contributed by atoms with Crippen molar-refractivity contribution in [2.24, 2.45) is 0 Å². The van der Waals surface area contributed by atoms with Gasteiger partial charge in [0.15, 0.2) is 0 Å². The maximum Gasteiger partial charge on any atom is 0.240 e. The molecule has 0 unspecified atom stereocenters. The van der Waals surface area contributed by atoms with Gasteiger partial charge in [-0.1, -0.05) is 6.92 Å². The van der Waals surface area contributed by atoms with E-state index in [2.05, 4.69) is 10.0 Å². The maximum atomic E-state index is 11.9. The van der Waals surface area contributed by atoms with Crippen LogP contribution < -0.4 is 15.8 Å². The lowest BCUT2D eigenvalue weighted by molar-refractivity contribution is 0.266. The second kappa shape index (κ2) is 4.99. The molecule has 0 amide bonds. The molecule has 1 aromatic carbocycles. The standard InChI is InChI=1S/C12H19N3O3S/c1-2-14-19(17,18)9-3-4-10(13)11(7-9)15-12(8-16)5-6-12/h3-4,7,14-16H,2,5-6,8,13H2,1H3. The van der Waals surface area contributed by atoms with Crippen molar-refractivity contribution in [1.82, 2.24) is 4.72 Å². The van der Waals surface area contributed by atoms with E-state index in [1.165, 1.54) is 12.1 Å². The van der Waals surface area contributed by atoms with Crippen LogP contribution in [0.25, 0.3) is 0 Å². The number of nitrogen functional groups attached to an aromatic ring is 1. The zero-order chi connectivity index (χ0) is 14.1. The summed E-state index contributed by atoms with van der Waals surface area (Å²) in [6.07, 6.45) is 1.71. The quantitative estimate of drug-likeness (QED) is 0.570. The van der Waals surface area contributed by atoms with Crippen LogP contribution in [0, 0.1) is 0 Å². The molecule has 0 atom stereocenters. The highest BCUT2D eigenvalue weighted by Crippen LogP contribution is 2.40. The van der Waals surface area contributed by atoms with E-state index in [4.69, 9.17) is 5.73 Å². The van der Waals surface area contributed by atoms with Gasteiger partial charge < -0.3 is 16.2 Å². The summed E-state index contributed by atoms with van der Waals surface area (Å²) in [6.45, 7) is 2.06. The predicted molar refractivity (Wildman–Crippen MR) is 74.4 cm³/mol. The van der Waals surface area contributed by atoms with Crippen LogP contribution in [0.1, 0.15) is 19.8 Å². The number of sulfonamides is 1. The molecule has 2 rings (SSSR count). The van der Waals surface area contributed by atoms with Crippen LogP contribution in [0.3, 0.4) is 0 Å². The Bertz CT molecular complexity index is 568. The smallest absolute Gasteiger partial charge is 0.240 e. The molecule has 0 saturated heterocycles. The molecule has 5 N–H and O–H groups in total. The first-order chi connectivity index (χ1) is 8.92. The minimum absolute atomic E-state index is 0.0105. The fourth-order valence-corrected chi connectivity index (χ4v) is 2.91. The van der Waals surface area contributed by atoms with Crippen molar-refractivity contribution in [1.29, 1.82) is 0 Å². The maximum absolute atomic E-state index is 11.9. The van der Waals surface area contributed by atoms with Gasteiger partial charge in [-0.15, -0.1) is 0 Å². The van der Waals surface area contributed by atoms with E-state index in [-0.39, 0.29) is 17.0 Å². The fraction of sp³-hybridized carbons (Fsp3) is 0.500. The van der Waals surface area contributed by atoms with E-state index < -0.39 is 10.0 Å². The van der Waals surface area contributed by atoms with Gasteiger partial charge in [-0.2, -0.15) is 0 Å². The van der Waals surface area contributed by atoms with Crippen molar-refractivity contribution in [2.45, 2.75) is 30.2 Å². The van der Waals surface area contributed by atoms with Crippen LogP contribution in [0.15, 0.2) is 23.1 Å². The number of benzene rings is 1. The molecule has 0 bridgehead atoms. The SMILES string of the molecule is CCNS(=O)(=O)c1ccc(N)c(NC2(CO)CC2)c1. The first-order valence-corrected chi connectivity index (χ1v) is 7.69. The Balaban J connectivity index is 2.30. The molecule has 0 aliphatic heterocycles. The molecular weight excluding hydrogens is 266 g/mol. The van der Waals surface area contributed by atoms with Gasteiger partial charge >= 0.3 is 0 Å². The lowest BCUT2D eigenvalue weighted by Gasteiger charge is -2.18. The number of hydrogen-bond donors (Lipinski definition) is 4. The van der Waals surface area contributed by atoms with E-state index in [0.29, 0.717) is 17.9 Å². The third kappa shape index (κ3) is 2.99. The van der Waals surface area contributed by atoms with Gasteiger partial charge in [0.05, 0.1) is 28.4 Å². The van der Waals surface area contributed by atoms with E-state index in [0.717, 1.165) is 12.8 Å². The average molecular weight is 285 g/mol. The first kappa shape index (κ1) is 14.1. The second-order valence-electron chi connectivity index (χ2n) is 4.81. The number of anilines is 2. The Morgan fingerprint density at radius 3 is 2.63 bits per heavy atom. The van der Waals surface area contributed by atoms with Crippen molar-refractivity contribution in [3.05, 3.63) is 18.2 Å². The molecule has 1 aromatic rings.